The second-order valence-corrected chi connectivity index (χ2v) is 8.97. The molecule has 7 aromatic carbocycles. The lowest BCUT2D eigenvalue weighted by molar-refractivity contribution is 1.65. The van der Waals surface area contributed by atoms with Gasteiger partial charge in [-0.2, -0.15) is 0 Å². The maximum absolute atomic E-state index is 2.30. The van der Waals surface area contributed by atoms with Gasteiger partial charge in [-0.1, -0.05) is 121 Å². The van der Waals surface area contributed by atoms with Crippen LogP contribution in [-0.2, 0) is 0 Å². The predicted octanol–water partition coefficient (Wildman–Crippen LogP) is 9.63. The van der Waals surface area contributed by atoms with Crippen molar-refractivity contribution in [3.8, 4) is 22.3 Å². The Bertz CT molecular complexity index is 1590. The number of fused-ring (bicyclic) bond motifs is 4. The highest BCUT2D eigenvalue weighted by Crippen LogP contribution is 2.40. The summed E-state index contributed by atoms with van der Waals surface area (Å²) in [6, 6.07) is 48.6. The van der Waals surface area contributed by atoms with Crippen LogP contribution < -0.4 is 0 Å². The van der Waals surface area contributed by atoms with Crippen LogP contribution in [0.15, 0.2) is 133 Å². The van der Waals surface area contributed by atoms with Gasteiger partial charge in [0.25, 0.3) is 0 Å². The predicted molar refractivity (Wildman–Crippen MR) is 147 cm³/mol. The van der Waals surface area contributed by atoms with Gasteiger partial charge in [0.05, 0.1) is 0 Å². The third kappa shape index (κ3) is 2.93. The Morgan fingerprint density at radius 2 is 0.529 bits per heavy atom. The fourth-order valence-corrected chi connectivity index (χ4v) is 5.45. The molecule has 0 saturated carbocycles. The number of rotatable bonds is 2. The van der Waals surface area contributed by atoms with Gasteiger partial charge in [-0.25, -0.2) is 0 Å². The monoisotopic (exact) mass is 430 g/mol. The highest BCUT2D eigenvalue weighted by Gasteiger charge is 2.12. The molecule has 0 heteroatoms. The Morgan fingerprint density at radius 1 is 0.265 bits per heavy atom. The molecule has 0 aliphatic heterocycles. The number of hydrogen-bond donors (Lipinski definition) is 0. The summed E-state index contributed by atoms with van der Waals surface area (Å²) in [5.41, 5.74) is 5.12. The third-order valence-corrected chi connectivity index (χ3v) is 7.00. The first-order valence-electron chi connectivity index (χ1n) is 11.8. The molecule has 0 amide bonds. The molecule has 0 nitrogen and oxygen atoms in total. The van der Waals surface area contributed by atoms with Crippen LogP contribution in [0.3, 0.4) is 0 Å². The van der Waals surface area contributed by atoms with Crippen LogP contribution in [0.2, 0.25) is 0 Å². The molecule has 7 rings (SSSR count). The summed E-state index contributed by atoms with van der Waals surface area (Å²) < 4.78 is 0. The van der Waals surface area contributed by atoms with E-state index in [1.807, 2.05) is 0 Å². The van der Waals surface area contributed by atoms with Crippen molar-refractivity contribution >= 4 is 43.1 Å². The quantitative estimate of drug-likeness (QED) is 0.239. The zero-order chi connectivity index (χ0) is 22.5. The normalized spacial score (nSPS) is 11.5. The molecule has 7 aromatic rings. The van der Waals surface area contributed by atoms with Gasteiger partial charge in [0.1, 0.15) is 0 Å². The van der Waals surface area contributed by atoms with Crippen LogP contribution in [0.25, 0.3) is 65.3 Å². The summed E-state index contributed by atoms with van der Waals surface area (Å²) in [7, 11) is 0. The fraction of sp³-hybridized carbons (Fsp3) is 0. The van der Waals surface area contributed by atoms with Crippen molar-refractivity contribution in [3.05, 3.63) is 133 Å². The van der Waals surface area contributed by atoms with Crippen molar-refractivity contribution in [1.29, 1.82) is 0 Å². The summed E-state index contributed by atoms with van der Waals surface area (Å²) >= 11 is 0. The Hall–Kier alpha value is -4.42. The average molecular weight is 431 g/mol. The van der Waals surface area contributed by atoms with Crippen molar-refractivity contribution in [2.75, 3.05) is 0 Å². The van der Waals surface area contributed by atoms with E-state index in [9.17, 15) is 0 Å². The highest BCUT2D eigenvalue weighted by molar-refractivity contribution is 6.14. The molecule has 0 bridgehead atoms. The molecule has 34 heavy (non-hydrogen) atoms. The van der Waals surface area contributed by atoms with Crippen molar-refractivity contribution in [1.82, 2.24) is 0 Å². The lowest BCUT2D eigenvalue weighted by Crippen LogP contribution is -1.88. The van der Waals surface area contributed by atoms with E-state index in [4.69, 9.17) is 0 Å². The smallest absolute Gasteiger partial charge is 0.00268 e. The third-order valence-electron chi connectivity index (χ3n) is 7.00. The van der Waals surface area contributed by atoms with E-state index < -0.39 is 0 Å². The molecular formula is C34H22. The van der Waals surface area contributed by atoms with Gasteiger partial charge in [0.2, 0.25) is 0 Å². The SMILES string of the molecule is c1ccc2c(-c3ccc(-c4c5ccccc5cc5ccccc45)cc3)c3ccccc3cc2c1. The second-order valence-electron chi connectivity index (χ2n) is 8.97. The molecule has 0 spiro atoms. The van der Waals surface area contributed by atoms with Crippen LogP contribution in [0, 0.1) is 0 Å². The molecular weight excluding hydrogens is 408 g/mol. The largest absolute Gasteiger partial charge is 0.0616 e. The van der Waals surface area contributed by atoms with E-state index in [1.54, 1.807) is 0 Å². The summed E-state index contributed by atoms with van der Waals surface area (Å²) in [6.45, 7) is 0. The summed E-state index contributed by atoms with van der Waals surface area (Å²) in [6.07, 6.45) is 0. The Labute approximate surface area is 198 Å². The molecule has 0 heterocycles. The molecule has 0 atom stereocenters. The van der Waals surface area contributed by atoms with Crippen molar-refractivity contribution < 1.29 is 0 Å². The molecule has 0 radical (unpaired) electrons. The first-order chi connectivity index (χ1) is 16.9. The van der Waals surface area contributed by atoms with Gasteiger partial charge >= 0.3 is 0 Å². The van der Waals surface area contributed by atoms with Crippen LogP contribution in [0.4, 0.5) is 0 Å². The average Bonchev–Trinajstić information content (AvgIpc) is 2.90. The lowest BCUT2D eigenvalue weighted by atomic mass is 9.89. The van der Waals surface area contributed by atoms with E-state index in [-0.39, 0.29) is 0 Å². The number of hydrogen-bond acceptors (Lipinski definition) is 0. The van der Waals surface area contributed by atoms with Crippen LogP contribution >= 0.6 is 0 Å². The van der Waals surface area contributed by atoms with Gasteiger partial charge in [0.15, 0.2) is 0 Å². The second kappa shape index (κ2) is 7.57. The van der Waals surface area contributed by atoms with Crippen molar-refractivity contribution in [3.63, 3.8) is 0 Å². The lowest BCUT2D eigenvalue weighted by Gasteiger charge is -2.15. The van der Waals surface area contributed by atoms with Crippen molar-refractivity contribution in [2.24, 2.45) is 0 Å². The number of benzene rings is 7. The summed E-state index contributed by atoms with van der Waals surface area (Å²) in [5.74, 6) is 0. The van der Waals surface area contributed by atoms with Gasteiger partial charge in [-0.05, 0) is 77.5 Å². The minimum Gasteiger partial charge on any atom is -0.0616 e. The zero-order valence-electron chi connectivity index (χ0n) is 18.7. The minimum atomic E-state index is 1.25. The van der Waals surface area contributed by atoms with E-state index >= 15 is 0 Å². The zero-order valence-corrected chi connectivity index (χ0v) is 18.7. The first-order valence-corrected chi connectivity index (χ1v) is 11.8. The first kappa shape index (κ1) is 19.1. The Morgan fingerprint density at radius 3 is 0.824 bits per heavy atom. The summed E-state index contributed by atoms with van der Waals surface area (Å²) in [5, 5.41) is 10.3. The maximum Gasteiger partial charge on any atom is -0.00268 e. The van der Waals surface area contributed by atoms with E-state index in [2.05, 4.69) is 133 Å². The minimum absolute atomic E-state index is 1.25. The molecule has 0 aliphatic rings. The van der Waals surface area contributed by atoms with Gasteiger partial charge in [-0.15, -0.1) is 0 Å². The maximum atomic E-state index is 2.30. The van der Waals surface area contributed by atoms with Gasteiger partial charge in [-0.3, -0.25) is 0 Å². The molecule has 158 valence electrons. The standard InChI is InChI=1S/C34H22/c1-5-13-29-25(9-1)21-26-10-2-6-14-30(26)33(29)23-17-19-24(20-18-23)34-31-15-7-3-11-27(31)22-28-12-4-8-16-32(28)34/h1-22H. The van der Waals surface area contributed by atoms with E-state index in [1.165, 1.54) is 65.3 Å². The van der Waals surface area contributed by atoms with Gasteiger partial charge in [0, 0.05) is 0 Å². The molecule has 0 unspecified atom stereocenters. The molecule has 0 N–H and O–H groups in total. The Kier molecular flexibility index (Phi) is 4.25. The van der Waals surface area contributed by atoms with Crippen LogP contribution in [0.1, 0.15) is 0 Å². The van der Waals surface area contributed by atoms with Crippen molar-refractivity contribution in [2.45, 2.75) is 0 Å². The van der Waals surface area contributed by atoms with Crippen LogP contribution in [-0.4, -0.2) is 0 Å². The molecule has 0 aromatic heterocycles. The Balaban J connectivity index is 1.49. The fourth-order valence-electron chi connectivity index (χ4n) is 5.45. The van der Waals surface area contributed by atoms with E-state index in [0.717, 1.165) is 0 Å². The highest BCUT2D eigenvalue weighted by atomic mass is 14.2. The summed E-state index contributed by atoms with van der Waals surface area (Å²) in [4.78, 5) is 0. The van der Waals surface area contributed by atoms with Gasteiger partial charge < -0.3 is 0 Å². The molecule has 0 fully saturated rings. The van der Waals surface area contributed by atoms with Crippen LogP contribution in [0.5, 0.6) is 0 Å². The topological polar surface area (TPSA) is 0 Å². The molecule has 0 aliphatic carbocycles. The molecule has 0 saturated heterocycles. The van der Waals surface area contributed by atoms with E-state index in [0.29, 0.717) is 0 Å².